The summed E-state index contributed by atoms with van der Waals surface area (Å²) in [6.45, 7) is 5.52. The summed E-state index contributed by atoms with van der Waals surface area (Å²) in [6, 6.07) is 4.13. The van der Waals surface area contributed by atoms with E-state index in [1.807, 2.05) is 23.2 Å². The molecule has 0 saturated carbocycles. The Kier molecular flexibility index (Phi) is 5.66. The van der Waals surface area contributed by atoms with Gasteiger partial charge in [0.15, 0.2) is 0 Å². The molecule has 0 radical (unpaired) electrons. The molecule has 29 heavy (non-hydrogen) atoms. The zero-order valence-electron chi connectivity index (χ0n) is 17.4. The van der Waals surface area contributed by atoms with Crippen molar-refractivity contribution in [2.24, 2.45) is 0 Å². The number of amides is 2. The number of aromatic nitrogens is 3. The molecule has 2 aliphatic rings. The number of carbonyl (C=O) groups excluding carboxylic acids is 1. The fourth-order valence-electron chi connectivity index (χ4n) is 3.91. The fourth-order valence-corrected chi connectivity index (χ4v) is 3.91. The first kappa shape index (κ1) is 19.6. The van der Waals surface area contributed by atoms with Crippen LogP contribution in [0.1, 0.15) is 24.7 Å². The number of anilines is 1. The topological polar surface area (TPSA) is 81.8 Å². The monoisotopic (exact) mass is 399 g/mol. The summed E-state index contributed by atoms with van der Waals surface area (Å²) in [4.78, 5) is 29.4. The lowest BCUT2D eigenvalue weighted by atomic mass is 9.97. The third kappa shape index (κ3) is 4.34. The van der Waals surface area contributed by atoms with Gasteiger partial charge in [-0.15, -0.1) is 0 Å². The van der Waals surface area contributed by atoms with Crippen LogP contribution in [0.3, 0.4) is 0 Å². The van der Waals surface area contributed by atoms with Gasteiger partial charge in [0.25, 0.3) is 0 Å². The molecule has 2 aromatic rings. The summed E-state index contributed by atoms with van der Waals surface area (Å²) in [6.07, 6.45) is 3.47. The van der Waals surface area contributed by atoms with Gasteiger partial charge in [0.2, 0.25) is 11.7 Å². The van der Waals surface area contributed by atoms with Gasteiger partial charge in [-0.05, 0) is 32.0 Å². The smallest absolute Gasteiger partial charge is 0.319 e. The third-order valence-electron chi connectivity index (χ3n) is 5.78. The number of piperazine rings is 1. The van der Waals surface area contributed by atoms with Crippen LogP contribution in [-0.2, 0) is 0 Å². The van der Waals surface area contributed by atoms with Gasteiger partial charge in [0.1, 0.15) is 5.69 Å². The van der Waals surface area contributed by atoms with Crippen molar-refractivity contribution in [1.82, 2.24) is 29.8 Å². The molecule has 156 valence electrons. The van der Waals surface area contributed by atoms with E-state index >= 15 is 0 Å². The first-order chi connectivity index (χ1) is 14.0. The molecule has 2 saturated heterocycles. The van der Waals surface area contributed by atoms with Gasteiger partial charge in [-0.2, -0.15) is 4.98 Å². The zero-order valence-corrected chi connectivity index (χ0v) is 17.4. The van der Waals surface area contributed by atoms with Crippen LogP contribution in [-0.4, -0.2) is 96.3 Å². The van der Waals surface area contributed by atoms with Crippen molar-refractivity contribution in [2.45, 2.75) is 18.8 Å². The fraction of sp³-hybridized carbons (Fsp3) is 0.600. The molecule has 2 fully saturated rings. The minimum atomic E-state index is 0.0552. The van der Waals surface area contributed by atoms with Crippen LogP contribution in [0.25, 0.3) is 11.5 Å². The van der Waals surface area contributed by atoms with Crippen LogP contribution in [0.4, 0.5) is 10.5 Å². The Labute approximate surface area is 171 Å². The number of pyridine rings is 1. The number of hydrogen-bond donors (Lipinski definition) is 0. The first-order valence-electron chi connectivity index (χ1n) is 10.2. The molecule has 9 nitrogen and oxygen atoms in total. The van der Waals surface area contributed by atoms with E-state index in [1.54, 1.807) is 19.0 Å². The quantitative estimate of drug-likeness (QED) is 0.778. The van der Waals surface area contributed by atoms with E-state index in [0.717, 1.165) is 50.4 Å². The number of piperidine rings is 1. The molecule has 2 amide bonds. The predicted molar refractivity (Wildman–Crippen MR) is 110 cm³/mol. The van der Waals surface area contributed by atoms with Gasteiger partial charge >= 0.3 is 6.03 Å². The third-order valence-corrected chi connectivity index (χ3v) is 5.78. The highest BCUT2D eigenvalue weighted by Crippen LogP contribution is 2.29. The Morgan fingerprint density at radius 3 is 2.55 bits per heavy atom. The van der Waals surface area contributed by atoms with E-state index < -0.39 is 0 Å². The Bertz CT molecular complexity index is 837. The molecular formula is C20H29N7O2. The summed E-state index contributed by atoms with van der Waals surface area (Å²) in [5, 5.41) is 4.18. The van der Waals surface area contributed by atoms with Crippen molar-refractivity contribution < 1.29 is 9.32 Å². The number of hydrogen-bond acceptors (Lipinski definition) is 7. The maximum absolute atomic E-state index is 12.1. The molecule has 0 unspecified atom stereocenters. The van der Waals surface area contributed by atoms with E-state index in [9.17, 15) is 4.79 Å². The van der Waals surface area contributed by atoms with E-state index in [-0.39, 0.29) is 11.9 Å². The van der Waals surface area contributed by atoms with Gasteiger partial charge in [0, 0.05) is 71.2 Å². The van der Waals surface area contributed by atoms with Crippen LogP contribution < -0.4 is 4.90 Å². The van der Waals surface area contributed by atoms with E-state index in [0.29, 0.717) is 24.8 Å². The summed E-state index contributed by atoms with van der Waals surface area (Å²) >= 11 is 0. The largest absolute Gasteiger partial charge is 0.369 e. The van der Waals surface area contributed by atoms with Gasteiger partial charge in [-0.3, -0.25) is 4.98 Å². The van der Waals surface area contributed by atoms with Crippen molar-refractivity contribution in [3.05, 3.63) is 24.2 Å². The molecule has 0 spiro atoms. The minimum Gasteiger partial charge on any atom is -0.369 e. The number of urea groups is 1. The predicted octanol–water partition coefficient (Wildman–Crippen LogP) is 1.74. The molecule has 0 atom stereocenters. The summed E-state index contributed by atoms with van der Waals surface area (Å²) in [5.41, 5.74) is 1.88. The highest BCUT2D eigenvalue weighted by atomic mass is 16.5. The van der Waals surface area contributed by atoms with E-state index in [4.69, 9.17) is 4.52 Å². The van der Waals surface area contributed by atoms with Crippen LogP contribution in [0.5, 0.6) is 0 Å². The Balaban J connectivity index is 1.42. The Morgan fingerprint density at radius 1 is 1.14 bits per heavy atom. The maximum Gasteiger partial charge on any atom is 0.319 e. The maximum atomic E-state index is 12.1. The molecule has 9 heteroatoms. The van der Waals surface area contributed by atoms with Crippen molar-refractivity contribution in [2.75, 3.05) is 65.3 Å². The Hall–Kier alpha value is -2.68. The van der Waals surface area contributed by atoms with Crippen molar-refractivity contribution in [3.63, 3.8) is 0 Å². The average Bonchev–Trinajstić information content (AvgIpc) is 3.24. The highest BCUT2D eigenvalue weighted by Gasteiger charge is 2.28. The number of nitrogens with zero attached hydrogens (tertiary/aromatic N) is 7. The lowest BCUT2D eigenvalue weighted by Gasteiger charge is -2.34. The van der Waals surface area contributed by atoms with Gasteiger partial charge in [-0.25, -0.2) is 4.79 Å². The van der Waals surface area contributed by atoms with Crippen molar-refractivity contribution >= 4 is 11.7 Å². The highest BCUT2D eigenvalue weighted by molar-refractivity contribution is 5.73. The molecule has 0 aromatic carbocycles. The van der Waals surface area contributed by atoms with Crippen LogP contribution in [0.15, 0.2) is 22.9 Å². The first-order valence-corrected chi connectivity index (χ1v) is 10.2. The zero-order chi connectivity index (χ0) is 20.4. The number of likely N-dealkylation sites (N-methyl/N-ethyl adjacent to an activating group) is 1. The van der Waals surface area contributed by atoms with Gasteiger partial charge in [-0.1, -0.05) is 5.16 Å². The standard InChI is InChI=1S/C20H29N7O2/c1-24(2)20(28)27-8-5-15(6-9-27)19-22-18(23-29-19)17-14-16(4-7-21-17)26-12-10-25(3)11-13-26/h4,7,14-15H,5-6,8-13H2,1-3H3. The second-order valence-electron chi connectivity index (χ2n) is 8.08. The molecule has 0 N–H and O–H groups in total. The number of likely N-dealkylation sites (tertiary alicyclic amines) is 1. The molecule has 4 heterocycles. The van der Waals surface area contributed by atoms with Gasteiger partial charge < -0.3 is 24.1 Å². The lowest BCUT2D eigenvalue weighted by Crippen LogP contribution is -2.44. The van der Waals surface area contributed by atoms with Crippen LogP contribution in [0, 0.1) is 0 Å². The number of carbonyl (C=O) groups is 1. The van der Waals surface area contributed by atoms with Crippen molar-refractivity contribution in [3.8, 4) is 11.5 Å². The number of rotatable bonds is 3. The van der Waals surface area contributed by atoms with Crippen LogP contribution >= 0.6 is 0 Å². The lowest BCUT2D eigenvalue weighted by molar-refractivity contribution is 0.152. The summed E-state index contributed by atoms with van der Waals surface area (Å²) < 4.78 is 5.57. The van der Waals surface area contributed by atoms with Gasteiger partial charge in [0.05, 0.1) is 0 Å². The SMILES string of the molecule is CN1CCN(c2ccnc(-c3noc(C4CCN(C(=O)N(C)C)CC4)n3)c2)CC1. The van der Waals surface area contributed by atoms with Crippen molar-refractivity contribution in [1.29, 1.82) is 0 Å². The average molecular weight is 399 g/mol. The summed E-state index contributed by atoms with van der Waals surface area (Å²) in [5.74, 6) is 1.36. The second-order valence-corrected chi connectivity index (χ2v) is 8.08. The Morgan fingerprint density at radius 2 is 1.86 bits per heavy atom. The second kappa shape index (κ2) is 8.36. The molecule has 0 bridgehead atoms. The molecule has 4 rings (SSSR count). The van der Waals surface area contributed by atoms with Crippen LogP contribution in [0.2, 0.25) is 0 Å². The minimum absolute atomic E-state index is 0.0552. The summed E-state index contributed by atoms with van der Waals surface area (Å²) in [7, 11) is 5.71. The normalized spacial score (nSPS) is 18.9. The van der Waals surface area contributed by atoms with E-state index in [1.165, 1.54) is 0 Å². The molecule has 2 aliphatic heterocycles. The van der Waals surface area contributed by atoms with E-state index in [2.05, 4.69) is 32.0 Å². The molecule has 0 aliphatic carbocycles. The molecule has 2 aromatic heterocycles. The molecular weight excluding hydrogens is 370 g/mol.